The Balaban J connectivity index is 1.55. The van der Waals surface area contributed by atoms with Gasteiger partial charge in [0.1, 0.15) is 11.6 Å². The van der Waals surface area contributed by atoms with E-state index < -0.39 is 0 Å². The third-order valence-electron chi connectivity index (χ3n) is 3.54. The Kier molecular flexibility index (Phi) is 5.63. The van der Waals surface area contributed by atoms with Crippen LogP contribution in [0, 0.1) is 0 Å². The minimum absolute atomic E-state index is 0.507. The highest BCUT2D eigenvalue weighted by molar-refractivity contribution is 7.09. The van der Waals surface area contributed by atoms with Gasteiger partial charge in [-0.25, -0.2) is 4.98 Å². The second-order valence-electron chi connectivity index (χ2n) is 5.19. The van der Waals surface area contributed by atoms with Gasteiger partial charge in [0.25, 0.3) is 0 Å². The molecule has 0 aliphatic heterocycles. The van der Waals surface area contributed by atoms with Crippen molar-refractivity contribution in [2.45, 2.75) is 13.1 Å². The molecule has 0 aliphatic rings. The van der Waals surface area contributed by atoms with Crippen molar-refractivity contribution in [2.75, 3.05) is 14.2 Å². The maximum Gasteiger partial charge on any atom is 0.191 e. The predicted octanol–water partition coefficient (Wildman–Crippen LogP) is 2.41. The summed E-state index contributed by atoms with van der Waals surface area (Å²) in [6, 6.07) is 11.8. The molecule has 0 bridgehead atoms. The van der Waals surface area contributed by atoms with Crippen LogP contribution in [0.3, 0.4) is 0 Å². The normalized spacial score (nSPS) is 11.4. The largest absolute Gasteiger partial charge is 0.497 e. The quantitative estimate of drug-likeness (QED) is 0.466. The van der Waals surface area contributed by atoms with Gasteiger partial charge in [-0.05, 0) is 35.7 Å². The zero-order chi connectivity index (χ0) is 17.5. The van der Waals surface area contributed by atoms with Gasteiger partial charge in [0.15, 0.2) is 11.8 Å². The van der Waals surface area contributed by atoms with E-state index >= 15 is 0 Å². The standard InChI is InChI=1S/C17H20N6OS/c1-18-17(19-10-14-4-3-9-25-14)20-11-15-21-16(23-22-15)12-5-7-13(24-2)8-6-12/h3-9H,10-11H2,1-2H3,(H2,18,19,20)(H,21,22,23). The maximum atomic E-state index is 5.16. The third kappa shape index (κ3) is 4.57. The predicted molar refractivity (Wildman–Crippen MR) is 99.7 cm³/mol. The van der Waals surface area contributed by atoms with Crippen molar-refractivity contribution < 1.29 is 4.74 Å². The molecule has 7 nitrogen and oxygen atoms in total. The Morgan fingerprint density at radius 2 is 2.00 bits per heavy atom. The second-order valence-corrected chi connectivity index (χ2v) is 6.23. The number of benzene rings is 1. The van der Waals surface area contributed by atoms with Crippen molar-refractivity contribution >= 4 is 17.3 Å². The van der Waals surface area contributed by atoms with Crippen LogP contribution in [0.5, 0.6) is 5.75 Å². The van der Waals surface area contributed by atoms with Crippen LogP contribution in [0.15, 0.2) is 46.8 Å². The van der Waals surface area contributed by atoms with Crippen molar-refractivity contribution in [3.05, 3.63) is 52.5 Å². The molecule has 0 atom stereocenters. The molecule has 25 heavy (non-hydrogen) atoms. The van der Waals surface area contributed by atoms with Crippen molar-refractivity contribution in [1.29, 1.82) is 0 Å². The molecule has 3 aromatic rings. The molecule has 0 spiro atoms. The number of aromatic amines is 1. The fourth-order valence-electron chi connectivity index (χ4n) is 2.22. The number of hydrogen-bond acceptors (Lipinski definition) is 5. The van der Waals surface area contributed by atoms with Crippen LogP contribution in [0.2, 0.25) is 0 Å². The number of nitrogens with one attached hydrogen (secondary N) is 3. The maximum absolute atomic E-state index is 5.16. The Morgan fingerprint density at radius 3 is 2.68 bits per heavy atom. The monoisotopic (exact) mass is 356 g/mol. The van der Waals surface area contributed by atoms with E-state index in [1.807, 2.05) is 30.3 Å². The molecule has 0 amide bonds. The average molecular weight is 356 g/mol. The summed E-state index contributed by atoms with van der Waals surface area (Å²) in [7, 11) is 3.39. The van der Waals surface area contributed by atoms with E-state index in [0.29, 0.717) is 12.4 Å². The molecule has 1 aromatic carbocycles. The van der Waals surface area contributed by atoms with Gasteiger partial charge in [-0.2, -0.15) is 5.10 Å². The molecular weight excluding hydrogens is 336 g/mol. The van der Waals surface area contributed by atoms with Crippen LogP contribution in [-0.2, 0) is 13.1 Å². The first-order valence-corrected chi connectivity index (χ1v) is 8.69. The lowest BCUT2D eigenvalue weighted by atomic mass is 10.2. The molecule has 2 aromatic heterocycles. The van der Waals surface area contributed by atoms with Gasteiger partial charge in [-0.1, -0.05) is 6.07 Å². The number of aliphatic imine (C=N–C) groups is 1. The lowest BCUT2D eigenvalue weighted by molar-refractivity contribution is 0.415. The summed E-state index contributed by atoms with van der Waals surface area (Å²) < 4.78 is 5.16. The van der Waals surface area contributed by atoms with Crippen LogP contribution in [0.1, 0.15) is 10.7 Å². The summed E-state index contributed by atoms with van der Waals surface area (Å²) in [4.78, 5) is 9.97. The van der Waals surface area contributed by atoms with E-state index in [0.717, 1.165) is 29.6 Å². The lowest BCUT2D eigenvalue weighted by Gasteiger charge is -2.09. The molecule has 2 heterocycles. The number of methoxy groups -OCH3 is 1. The molecule has 8 heteroatoms. The topological polar surface area (TPSA) is 87.2 Å². The summed E-state index contributed by atoms with van der Waals surface area (Å²) in [5.41, 5.74) is 0.934. The van der Waals surface area contributed by atoms with Crippen molar-refractivity contribution in [2.24, 2.45) is 4.99 Å². The summed E-state index contributed by atoms with van der Waals surface area (Å²) in [6.07, 6.45) is 0. The third-order valence-corrected chi connectivity index (χ3v) is 4.41. The Hall–Kier alpha value is -2.87. The highest BCUT2D eigenvalue weighted by atomic mass is 32.1. The molecule has 0 radical (unpaired) electrons. The molecule has 3 rings (SSSR count). The van der Waals surface area contributed by atoms with Gasteiger partial charge in [-0.3, -0.25) is 10.1 Å². The van der Waals surface area contributed by atoms with Crippen LogP contribution < -0.4 is 15.4 Å². The van der Waals surface area contributed by atoms with Crippen LogP contribution in [0.25, 0.3) is 11.4 Å². The number of thiophene rings is 1. The van der Waals surface area contributed by atoms with E-state index in [-0.39, 0.29) is 0 Å². The van der Waals surface area contributed by atoms with Crippen molar-refractivity contribution in [1.82, 2.24) is 25.8 Å². The molecule has 0 fully saturated rings. The fraction of sp³-hybridized carbons (Fsp3) is 0.235. The number of ether oxygens (including phenoxy) is 1. The molecule has 130 valence electrons. The van der Waals surface area contributed by atoms with E-state index in [2.05, 4.69) is 42.3 Å². The molecule has 3 N–H and O–H groups in total. The number of nitrogens with zero attached hydrogens (tertiary/aromatic N) is 3. The zero-order valence-electron chi connectivity index (χ0n) is 14.1. The van der Waals surface area contributed by atoms with Crippen molar-refractivity contribution in [3.63, 3.8) is 0 Å². The zero-order valence-corrected chi connectivity index (χ0v) is 14.9. The first kappa shape index (κ1) is 17.0. The van der Waals surface area contributed by atoms with Gasteiger partial charge in [0.05, 0.1) is 20.2 Å². The van der Waals surface area contributed by atoms with E-state index in [4.69, 9.17) is 4.74 Å². The smallest absolute Gasteiger partial charge is 0.191 e. The highest BCUT2D eigenvalue weighted by Gasteiger charge is 2.07. The highest BCUT2D eigenvalue weighted by Crippen LogP contribution is 2.18. The molecule has 0 saturated heterocycles. The minimum Gasteiger partial charge on any atom is -0.497 e. The first-order valence-electron chi connectivity index (χ1n) is 7.81. The fourth-order valence-corrected chi connectivity index (χ4v) is 2.86. The van der Waals surface area contributed by atoms with E-state index in [1.165, 1.54) is 4.88 Å². The number of aromatic nitrogens is 3. The minimum atomic E-state index is 0.507. The second kappa shape index (κ2) is 8.29. The number of hydrogen-bond donors (Lipinski definition) is 3. The van der Waals surface area contributed by atoms with Gasteiger partial charge in [0.2, 0.25) is 0 Å². The van der Waals surface area contributed by atoms with Gasteiger partial charge in [-0.15, -0.1) is 11.3 Å². The summed E-state index contributed by atoms with van der Waals surface area (Å²) in [6.45, 7) is 1.25. The number of H-pyrrole nitrogens is 1. The summed E-state index contributed by atoms with van der Waals surface area (Å²) in [5.74, 6) is 2.92. The van der Waals surface area contributed by atoms with Gasteiger partial charge in [0, 0.05) is 17.5 Å². The molecular formula is C17H20N6OS. The summed E-state index contributed by atoms with van der Waals surface area (Å²) in [5, 5.41) is 15.7. The lowest BCUT2D eigenvalue weighted by Crippen LogP contribution is -2.36. The van der Waals surface area contributed by atoms with Crippen LogP contribution in [0.4, 0.5) is 0 Å². The Labute approximate surface area is 150 Å². The van der Waals surface area contributed by atoms with Crippen molar-refractivity contribution in [3.8, 4) is 17.1 Å². The Bertz CT molecular complexity index is 810. The van der Waals surface area contributed by atoms with Gasteiger partial charge >= 0.3 is 0 Å². The number of rotatable bonds is 6. The SMILES string of the molecule is CN=C(NCc1nc(-c2ccc(OC)cc2)n[nH]1)NCc1cccs1. The molecule has 0 unspecified atom stereocenters. The number of guanidine groups is 1. The molecule has 0 aliphatic carbocycles. The molecule has 0 saturated carbocycles. The van der Waals surface area contributed by atoms with Crippen LogP contribution in [-0.4, -0.2) is 35.3 Å². The van der Waals surface area contributed by atoms with Gasteiger partial charge < -0.3 is 15.4 Å². The summed E-state index contributed by atoms with van der Waals surface area (Å²) >= 11 is 1.71. The Morgan fingerprint density at radius 1 is 1.20 bits per heavy atom. The average Bonchev–Trinajstić information content (AvgIpc) is 3.34. The first-order chi connectivity index (χ1) is 12.3. The van der Waals surface area contributed by atoms with E-state index in [1.54, 1.807) is 25.5 Å². The van der Waals surface area contributed by atoms with E-state index in [9.17, 15) is 0 Å². The van der Waals surface area contributed by atoms with Crippen LogP contribution >= 0.6 is 11.3 Å².